The molecule has 0 aliphatic carbocycles. The number of aromatic hydroxyl groups is 2. The van der Waals surface area contributed by atoms with Crippen molar-refractivity contribution in [1.29, 1.82) is 0 Å². The molecule has 0 saturated carbocycles. The third-order valence-electron chi connectivity index (χ3n) is 3.20. The van der Waals surface area contributed by atoms with E-state index in [1.807, 2.05) is 6.92 Å². The lowest BCUT2D eigenvalue weighted by Gasteiger charge is -2.27. The van der Waals surface area contributed by atoms with E-state index in [2.05, 4.69) is 5.32 Å². The van der Waals surface area contributed by atoms with Crippen LogP contribution in [0.5, 0.6) is 11.5 Å². The number of hydrogen-bond donors (Lipinski definition) is 3. The minimum atomic E-state index is -0.0701. The number of phenols is 2. The predicted molar refractivity (Wildman–Crippen MR) is 65.2 cm³/mol. The zero-order chi connectivity index (χ0) is 12.3. The van der Waals surface area contributed by atoms with Gasteiger partial charge in [-0.15, -0.1) is 0 Å². The van der Waals surface area contributed by atoms with Crippen molar-refractivity contribution in [3.8, 4) is 11.5 Å². The van der Waals surface area contributed by atoms with Crippen LogP contribution in [-0.2, 0) is 4.74 Å². The smallest absolute Gasteiger partial charge is 0.124 e. The molecule has 0 radical (unpaired) electrons. The largest absolute Gasteiger partial charge is 0.507 e. The molecule has 0 spiro atoms. The summed E-state index contributed by atoms with van der Waals surface area (Å²) in [4.78, 5) is 0. The van der Waals surface area contributed by atoms with Gasteiger partial charge in [0.1, 0.15) is 11.5 Å². The molecule has 3 N–H and O–H groups in total. The van der Waals surface area contributed by atoms with E-state index in [0.717, 1.165) is 26.1 Å². The van der Waals surface area contributed by atoms with Crippen LogP contribution in [0.3, 0.4) is 0 Å². The fourth-order valence-corrected chi connectivity index (χ4v) is 2.29. The highest BCUT2D eigenvalue weighted by molar-refractivity contribution is 5.44. The molecule has 0 amide bonds. The summed E-state index contributed by atoms with van der Waals surface area (Å²) in [6.07, 6.45) is 1.94. The van der Waals surface area contributed by atoms with Gasteiger partial charge in [0.05, 0.1) is 5.56 Å². The van der Waals surface area contributed by atoms with Gasteiger partial charge in [-0.1, -0.05) is 6.07 Å². The first-order chi connectivity index (χ1) is 8.18. The Balaban J connectivity index is 2.05. The first-order valence-corrected chi connectivity index (χ1v) is 6.03. The van der Waals surface area contributed by atoms with Gasteiger partial charge < -0.3 is 20.3 Å². The Morgan fingerprint density at radius 2 is 1.82 bits per heavy atom. The minimum Gasteiger partial charge on any atom is -0.507 e. The number of rotatable bonds is 3. The normalized spacial score (nSPS) is 19.1. The molecule has 1 heterocycles. The van der Waals surface area contributed by atoms with Gasteiger partial charge >= 0.3 is 0 Å². The van der Waals surface area contributed by atoms with Gasteiger partial charge in [-0.3, -0.25) is 0 Å². The summed E-state index contributed by atoms with van der Waals surface area (Å²) in [5, 5.41) is 22.9. The molecule has 1 saturated heterocycles. The molecule has 4 nitrogen and oxygen atoms in total. The summed E-state index contributed by atoms with van der Waals surface area (Å²) in [6, 6.07) is 5.14. The van der Waals surface area contributed by atoms with Gasteiger partial charge in [0, 0.05) is 25.3 Å². The van der Waals surface area contributed by atoms with Crippen molar-refractivity contribution in [2.75, 3.05) is 13.2 Å². The summed E-state index contributed by atoms with van der Waals surface area (Å²) in [5.74, 6) is 0.272. The molecule has 17 heavy (non-hydrogen) atoms. The average molecular weight is 237 g/mol. The van der Waals surface area contributed by atoms with E-state index in [1.165, 1.54) is 0 Å². The van der Waals surface area contributed by atoms with Crippen LogP contribution < -0.4 is 5.32 Å². The van der Waals surface area contributed by atoms with E-state index >= 15 is 0 Å². The molecule has 1 aromatic carbocycles. The number of nitrogens with one attached hydrogen (secondary N) is 1. The van der Waals surface area contributed by atoms with Gasteiger partial charge in [0.2, 0.25) is 0 Å². The lowest BCUT2D eigenvalue weighted by molar-refractivity contribution is 0.0753. The molecule has 0 bridgehead atoms. The molecule has 1 unspecified atom stereocenters. The number of ether oxygens (including phenoxy) is 1. The van der Waals surface area contributed by atoms with Crippen molar-refractivity contribution in [1.82, 2.24) is 5.32 Å². The van der Waals surface area contributed by atoms with Crippen LogP contribution in [0.2, 0.25) is 0 Å². The molecule has 1 fully saturated rings. The molecule has 2 rings (SSSR count). The first kappa shape index (κ1) is 12.2. The van der Waals surface area contributed by atoms with E-state index in [-0.39, 0.29) is 17.5 Å². The lowest BCUT2D eigenvalue weighted by atomic mass is 10.0. The second kappa shape index (κ2) is 5.38. The monoisotopic (exact) mass is 237 g/mol. The zero-order valence-corrected chi connectivity index (χ0v) is 10.0. The molecule has 0 aromatic heterocycles. The molecule has 4 heteroatoms. The molecule has 1 atom stereocenters. The van der Waals surface area contributed by atoms with Crippen LogP contribution in [0, 0.1) is 0 Å². The number of phenolic OH excluding ortho intramolecular Hbond substituents is 2. The molecular formula is C13H19NO3. The number of hydrogen-bond acceptors (Lipinski definition) is 4. The Bertz CT molecular complexity index is 355. The Kier molecular flexibility index (Phi) is 3.86. The maximum atomic E-state index is 9.77. The van der Waals surface area contributed by atoms with Gasteiger partial charge in [0.15, 0.2) is 0 Å². The van der Waals surface area contributed by atoms with Crippen LogP contribution in [0.25, 0.3) is 0 Å². The highest BCUT2D eigenvalue weighted by Gasteiger charge is 2.20. The van der Waals surface area contributed by atoms with Crippen molar-refractivity contribution in [3.05, 3.63) is 23.8 Å². The first-order valence-electron chi connectivity index (χ1n) is 6.03. The van der Waals surface area contributed by atoms with E-state index in [0.29, 0.717) is 11.6 Å². The van der Waals surface area contributed by atoms with Gasteiger partial charge in [0.25, 0.3) is 0 Å². The summed E-state index contributed by atoms with van der Waals surface area (Å²) < 4.78 is 5.30. The predicted octanol–water partition coefficient (Wildman–Crippen LogP) is 1.93. The van der Waals surface area contributed by atoms with Gasteiger partial charge in [-0.25, -0.2) is 0 Å². The van der Waals surface area contributed by atoms with E-state index in [1.54, 1.807) is 18.2 Å². The fourth-order valence-electron chi connectivity index (χ4n) is 2.29. The quantitative estimate of drug-likeness (QED) is 0.751. The van der Waals surface area contributed by atoms with E-state index in [4.69, 9.17) is 4.74 Å². The Labute approximate surface area is 101 Å². The van der Waals surface area contributed by atoms with Gasteiger partial charge in [-0.2, -0.15) is 0 Å². The van der Waals surface area contributed by atoms with Crippen LogP contribution in [0.4, 0.5) is 0 Å². The standard InChI is InChI=1S/C13H19NO3/c1-9(14-10-5-7-17-8-6-10)13-11(15)3-2-4-12(13)16/h2-4,9-10,14-16H,5-8H2,1H3. The second-order valence-electron chi connectivity index (χ2n) is 4.48. The van der Waals surface area contributed by atoms with Crippen molar-refractivity contribution in [3.63, 3.8) is 0 Å². The van der Waals surface area contributed by atoms with Crippen molar-refractivity contribution in [2.24, 2.45) is 0 Å². The summed E-state index contributed by atoms with van der Waals surface area (Å²) in [7, 11) is 0. The zero-order valence-electron chi connectivity index (χ0n) is 10.0. The highest BCUT2D eigenvalue weighted by atomic mass is 16.5. The van der Waals surface area contributed by atoms with Crippen LogP contribution in [0.15, 0.2) is 18.2 Å². The summed E-state index contributed by atoms with van der Waals surface area (Å²) >= 11 is 0. The molecule has 1 aromatic rings. The fraction of sp³-hybridized carbons (Fsp3) is 0.538. The number of benzene rings is 1. The molecule has 1 aliphatic rings. The van der Waals surface area contributed by atoms with Crippen LogP contribution in [0.1, 0.15) is 31.4 Å². The maximum absolute atomic E-state index is 9.77. The average Bonchev–Trinajstić information content (AvgIpc) is 2.30. The highest BCUT2D eigenvalue weighted by Crippen LogP contribution is 2.32. The minimum absolute atomic E-state index is 0.0701. The third kappa shape index (κ3) is 2.90. The Hall–Kier alpha value is -1.26. The maximum Gasteiger partial charge on any atom is 0.124 e. The molecule has 1 aliphatic heterocycles. The van der Waals surface area contributed by atoms with E-state index in [9.17, 15) is 10.2 Å². The SMILES string of the molecule is CC(NC1CCOCC1)c1c(O)cccc1O. The summed E-state index contributed by atoms with van der Waals surface area (Å²) in [5.41, 5.74) is 0.569. The Morgan fingerprint density at radius 1 is 1.24 bits per heavy atom. The van der Waals surface area contributed by atoms with Crippen molar-refractivity contribution in [2.45, 2.75) is 31.8 Å². The van der Waals surface area contributed by atoms with Crippen LogP contribution in [-0.4, -0.2) is 29.5 Å². The topological polar surface area (TPSA) is 61.7 Å². The summed E-state index contributed by atoms with van der Waals surface area (Å²) in [6.45, 7) is 3.50. The molecular weight excluding hydrogens is 218 g/mol. The van der Waals surface area contributed by atoms with Gasteiger partial charge in [-0.05, 0) is 31.9 Å². The van der Waals surface area contributed by atoms with E-state index < -0.39 is 0 Å². The molecule has 94 valence electrons. The Morgan fingerprint density at radius 3 is 2.41 bits per heavy atom. The van der Waals surface area contributed by atoms with Crippen molar-refractivity contribution < 1.29 is 14.9 Å². The second-order valence-corrected chi connectivity index (χ2v) is 4.48. The third-order valence-corrected chi connectivity index (χ3v) is 3.20. The van der Waals surface area contributed by atoms with Crippen molar-refractivity contribution >= 4 is 0 Å². The lowest BCUT2D eigenvalue weighted by Crippen LogP contribution is -2.36. The van der Waals surface area contributed by atoms with Crippen LogP contribution >= 0.6 is 0 Å².